The maximum atomic E-state index is 13.8. The van der Waals surface area contributed by atoms with Crippen LogP contribution in [0.3, 0.4) is 0 Å². The van der Waals surface area contributed by atoms with Crippen LogP contribution in [0.15, 0.2) is 48.5 Å². The fourth-order valence-electron chi connectivity index (χ4n) is 2.17. The Morgan fingerprint density at radius 2 is 1.95 bits per heavy atom. The van der Waals surface area contributed by atoms with Crippen molar-refractivity contribution in [1.29, 1.82) is 0 Å². The van der Waals surface area contributed by atoms with Crippen LogP contribution >= 0.6 is 0 Å². The van der Waals surface area contributed by atoms with Crippen LogP contribution in [0, 0.1) is 5.82 Å². The lowest BCUT2D eigenvalue weighted by Gasteiger charge is -2.05. The summed E-state index contributed by atoms with van der Waals surface area (Å²) in [5, 5.41) is 1.12. The molecular weight excluding hydrogens is 241 g/mol. The minimum Gasteiger partial charge on any atom is -0.491 e. The van der Waals surface area contributed by atoms with Crippen LogP contribution < -0.4 is 4.74 Å². The summed E-state index contributed by atoms with van der Waals surface area (Å²) >= 11 is 0. The molecule has 0 radical (unpaired) electrons. The Bertz CT molecular complexity index is 685. The van der Waals surface area contributed by atoms with Gasteiger partial charge in [-0.15, -0.1) is 0 Å². The van der Waals surface area contributed by atoms with E-state index in [-0.39, 0.29) is 5.82 Å². The zero-order valence-corrected chi connectivity index (χ0v) is 10.6. The van der Waals surface area contributed by atoms with Gasteiger partial charge in [-0.3, -0.25) is 0 Å². The third-order valence-corrected chi connectivity index (χ3v) is 3.07. The highest BCUT2D eigenvalue weighted by Gasteiger charge is 2.07. The van der Waals surface area contributed by atoms with E-state index in [4.69, 9.17) is 4.74 Å². The predicted octanol–water partition coefficient (Wildman–Crippen LogP) is 4.37. The number of fused-ring (bicyclic) bond motifs is 1. The number of halogens is 1. The molecule has 0 saturated heterocycles. The van der Waals surface area contributed by atoms with Crippen molar-refractivity contribution in [2.75, 3.05) is 6.61 Å². The molecule has 0 spiro atoms. The van der Waals surface area contributed by atoms with E-state index >= 15 is 0 Å². The number of hydrogen-bond acceptors (Lipinski definition) is 1. The van der Waals surface area contributed by atoms with Crippen LogP contribution in [0.5, 0.6) is 5.75 Å². The fourth-order valence-corrected chi connectivity index (χ4v) is 2.17. The van der Waals surface area contributed by atoms with Gasteiger partial charge in [0.2, 0.25) is 0 Å². The molecule has 0 aliphatic rings. The largest absolute Gasteiger partial charge is 0.491 e. The molecule has 19 heavy (non-hydrogen) atoms. The number of H-pyrrole nitrogens is 1. The lowest BCUT2D eigenvalue weighted by molar-refractivity contribution is 0.321. The fraction of sp³-hybridized carbons (Fsp3) is 0.125. The quantitative estimate of drug-likeness (QED) is 0.738. The van der Waals surface area contributed by atoms with E-state index < -0.39 is 0 Å². The Balaban J connectivity index is 2.03. The molecule has 0 aliphatic heterocycles. The van der Waals surface area contributed by atoms with Crippen molar-refractivity contribution in [2.24, 2.45) is 0 Å². The van der Waals surface area contributed by atoms with Crippen molar-refractivity contribution in [3.05, 3.63) is 54.3 Å². The third-order valence-electron chi connectivity index (χ3n) is 3.07. The van der Waals surface area contributed by atoms with Crippen LogP contribution in [-0.2, 0) is 0 Å². The molecule has 0 atom stereocenters. The highest BCUT2D eigenvalue weighted by molar-refractivity contribution is 5.85. The zero-order valence-electron chi connectivity index (χ0n) is 10.6. The second kappa shape index (κ2) is 4.76. The standard InChI is InChI=1S/C16H14FNO/c1-2-19-16-8-7-12(9-13(16)17)15-10-11-5-3-4-6-14(11)18-15/h3-10,18H,2H2,1H3. The number of para-hydroxylation sites is 1. The molecular formula is C16H14FNO. The maximum absolute atomic E-state index is 13.8. The summed E-state index contributed by atoms with van der Waals surface area (Å²) in [5.74, 6) is -0.0413. The van der Waals surface area contributed by atoms with Crippen molar-refractivity contribution in [1.82, 2.24) is 4.98 Å². The first-order chi connectivity index (χ1) is 9.28. The van der Waals surface area contributed by atoms with Crippen molar-refractivity contribution >= 4 is 10.9 Å². The van der Waals surface area contributed by atoms with E-state index in [0.717, 1.165) is 22.2 Å². The van der Waals surface area contributed by atoms with E-state index in [0.29, 0.717) is 12.4 Å². The normalized spacial score (nSPS) is 10.8. The van der Waals surface area contributed by atoms with Gasteiger partial charge in [0.05, 0.1) is 6.61 Å². The zero-order chi connectivity index (χ0) is 13.2. The molecule has 96 valence electrons. The Morgan fingerprint density at radius 3 is 2.68 bits per heavy atom. The molecule has 1 N–H and O–H groups in total. The molecule has 3 aromatic rings. The molecule has 0 unspecified atom stereocenters. The lowest BCUT2D eigenvalue weighted by atomic mass is 10.1. The topological polar surface area (TPSA) is 25.0 Å². The third kappa shape index (κ3) is 2.19. The van der Waals surface area contributed by atoms with E-state index in [2.05, 4.69) is 4.98 Å². The number of ether oxygens (including phenoxy) is 1. The van der Waals surface area contributed by atoms with Gasteiger partial charge >= 0.3 is 0 Å². The average molecular weight is 255 g/mol. The number of aromatic nitrogens is 1. The van der Waals surface area contributed by atoms with Crippen LogP contribution in [0.1, 0.15) is 6.92 Å². The van der Waals surface area contributed by atoms with E-state index in [1.807, 2.05) is 43.3 Å². The smallest absolute Gasteiger partial charge is 0.165 e. The van der Waals surface area contributed by atoms with Gasteiger partial charge in [-0.05, 0) is 37.3 Å². The molecule has 0 aliphatic carbocycles. The first-order valence-corrected chi connectivity index (χ1v) is 6.28. The summed E-state index contributed by atoms with van der Waals surface area (Å²) in [6.07, 6.45) is 0. The van der Waals surface area contributed by atoms with Gasteiger partial charge in [-0.2, -0.15) is 0 Å². The first kappa shape index (κ1) is 11.8. The Morgan fingerprint density at radius 1 is 1.11 bits per heavy atom. The summed E-state index contributed by atoms with van der Waals surface area (Å²) in [4.78, 5) is 3.28. The lowest BCUT2D eigenvalue weighted by Crippen LogP contribution is -1.94. The second-order valence-corrected chi connectivity index (χ2v) is 4.35. The summed E-state index contributed by atoms with van der Waals surface area (Å²) in [5.41, 5.74) is 2.77. The van der Waals surface area contributed by atoms with E-state index in [9.17, 15) is 4.39 Å². The molecule has 1 heterocycles. The van der Waals surface area contributed by atoms with Crippen molar-refractivity contribution in [3.63, 3.8) is 0 Å². The highest BCUT2D eigenvalue weighted by atomic mass is 19.1. The molecule has 1 aromatic heterocycles. The van der Waals surface area contributed by atoms with Gasteiger partial charge in [0.1, 0.15) is 0 Å². The van der Waals surface area contributed by atoms with Gasteiger partial charge in [0.15, 0.2) is 11.6 Å². The minimum absolute atomic E-state index is 0.294. The molecule has 2 aromatic carbocycles. The van der Waals surface area contributed by atoms with Crippen molar-refractivity contribution in [2.45, 2.75) is 6.92 Å². The first-order valence-electron chi connectivity index (χ1n) is 6.28. The van der Waals surface area contributed by atoms with Crippen molar-refractivity contribution < 1.29 is 9.13 Å². The number of aromatic amines is 1. The summed E-state index contributed by atoms with van der Waals surface area (Å²) in [7, 11) is 0. The Hall–Kier alpha value is -2.29. The Labute approximate surface area is 110 Å². The number of hydrogen-bond donors (Lipinski definition) is 1. The van der Waals surface area contributed by atoms with Gasteiger partial charge < -0.3 is 9.72 Å². The molecule has 2 nitrogen and oxygen atoms in total. The molecule has 0 amide bonds. The molecule has 3 rings (SSSR count). The molecule has 3 heteroatoms. The molecule has 0 fully saturated rings. The van der Waals surface area contributed by atoms with Crippen LogP contribution in [0.25, 0.3) is 22.2 Å². The number of rotatable bonds is 3. The van der Waals surface area contributed by atoms with Crippen LogP contribution in [-0.4, -0.2) is 11.6 Å². The summed E-state index contributed by atoms with van der Waals surface area (Å²) < 4.78 is 19.0. The summed E-state index contributed by atoms with van der Waals surface area (Å²) in [6, 6.07) is 15.0. The van der Waals surface area contributed by atoms with Gasteiger partial charge in [0.25, 0.3) is 0 Å². The van der Waals surface area contributed by atoms with Crippen LogP contribution in [0.2, 0.25) is 0 Å². The maximum Gasteiger partial charge on any atom is 0.165 e. The van der Waals surface area contributed by atoms with E-state index in [1.165, 1.54) is 6.07 Å². The minimum atomic E-state index is -0.335. The van der Waals surface area contributed by atoms with Gasteiger partial charge in [-0.1, -0.05) is 18.2 Å². The predicted molar refractivity (Wildman–Crippen MR) is 74.9 cm³/mol. The SMILES string of the molecule is CCOc1ccc(-c2cc3ccccc3[nH]2)cc1F. The van der Waals surface area contributed by atoms with Gasteiger partial charge in [0, 0.05) is 22.2 Å². The van der Waals surface area contributed by atoms with E-state index in [1.54, 1.807) is 6.07 Å². The average Bonchev–Trinajstić information content (AvgIpc) is 2.85. The van der Waals surface area contributed by atoms with Gasteiger partial charge in [-0.25, -0.2) is 4.39 Å². The second-order valence-electron chi connectivity index (χ2n) is 4.35. The summed E-state index contributed by atoms with van der Waals surface area (Å²) in [6.45, 7) is 2.30. The molecule has 0 bridgehead atoms. The Kier molecular flexibility index (Phi) is 2.95. The van der Waals surface area contributed by atoms with Crippen LogP contribution in [0.4, 0.5) is 4.39 Å². The monoisotopic (exact) mass is 255 g/mol. The highest BCUT2D eigenvalue weighted by Crippen LogP contribution is 2.27. The number of benzene rings is 2. The van der Waals surface area contributed by atoms with Crippen molar-refractivity contribution in [3.8, 4) is 17.0 Å². The molecule has 0 saturated carbocycles. The number of nitrogens with one attached hydrogen (secondary N) is 1.